The molecule has 0 aromatic rings. The van der Waals surface area contributed by atoms with Crippen LogP contribution in [0.25, 0.3) is 0 Å². The zero-order chi connectivity index (χ0) is 8.53. The Morgan fingerprint density at radius 2 is 1.82 bits per heavy atom. The summed E-state index contributed by atoms with van der Waals surface area (Å²) in [6, 6.07) is 2.26. The molecule has 1 atom stereocenters. The molecule has 0 rings (SSSR count). The van der Waals surface area contributed by atoms with Crippen molar-refractivity contribution >= 4 is 0 Å². The third kappa shape index (κ3) is 7.39. The van der Waals surface area contributed by atoms with Crippen molar-refractivity contribution in [2.75, 3.05) is 0 Å². The zero-order valence-electron chi connectivity index (χ0n) is 7.77. The van der Waals surface area contributed by atoms with E-state index in [4.69, 9.17) is 5.26 Å². The molecule has 0 aliphatic rings. The molecule has 1 heteroatoms. The minimum absolute atomic E-state index is 0.261. The lowest BCUT2D eigenvalue weighted by Gasteiger charge is -2.00. The Morgan fingerprint density at radius 3 is 2.36 bits per heavy atom. The average molecular weight is 153 g/mol. The van der Waals surface area contributed by atoms with Gasteiger partial charge in [0.1, 0.15) is 0 Å². The highest BCUT2D eigenvalue weighted by Gasteiger charge is 1.97. The van der Waals surface area contributed by atoms with Gasteiger partial charge in [-0.3, -0.25) is 0 Å². The van der Waals surface area contributed by atoms with Gasteiger partial charge in [-0.2, -0.15) is 5.26 Å². The van der Waals surface area contributed by atoms with Crippen LogP contribution in [0.3, 0.4) is 0 Å². The van der Waals surface area contributed by atoms with E-state index in [9.17, 15) is 0 Å². The monoisotopic (exact) mass is 153 g/mol. The lowest BCUT2D eigenvalue weighted by molar-refractivity contribution is 0.556. The maximum atomic E-state index is 8.49. The maximum Gasteiger partial charge on any atom is 0.0652 e. The first-order valence-electron chi connectivity index (χ1n) is 4.70. The number of nitriles is 1. The Hall–Kier alpha value is -0.510. The highest BCUT2D eigenvalue weighted by atomic mass is 14.3. The van der Waals surface area contributed by atoms with E-state index in [-0.39, 0.29) is 5.92 Å². The second kappa shape index (κ2) is 7.60. The van der Waals surface area contributed by atoms with E-state index >= 15 is 0 Å². The molecule has 0 saturated carbocycles. The van der Waals surface area contributed by atoms with E-state index in [2.05, 4.69) is 13.0 Å². The molecule has 0 spiro atoms. The Bertz CT molecular complexity index is 113. The molecule has 1 nitrogen and oxygen atoms in total. The van der Waals surface area contributed by atoms with Gasteiger partial charge in [-0.05, 0) is 13.3 Å². The Morgan fingerprint density at radius 1 is 1.18 bits per heavy atom. The second-order valence-electron chi connectivity index (χ2n) is 3.23. The van der Waals surface area contributed by atoms with Gasteiger partial charge in [0, 0.05) is 5.92 Å². The standard InChI is InChI=1S/C10H19N/c1-3-4-5-6-7-8-10(2)9-11/h10H,3-8H2,1-2H3/t10-/m1/s1. The van der Waals surface area contributed by atoms with Crippen LogP contribution in [-0.2, 0) is 0 Å². The molecule has 0 N–H and O–H groups in total. The Balaban J connectivity index is 2.97. The van der Waals surface area contributed by atoms with Crippen molar-refractivity contribution in [2.45, 2.75) is 52.4 Å². The van der Waals surface area contributed by atoms with Crippen molar-refractivity contribution in [3.63, 3.8) is 0 Å². The summed E-state index contributed by atoms with van der Waals surface area (Å²) in [5, 5.41) is 8.49. The van der Waals surface area contributed by atoms with Crippen LogP contribution in [0, 0.1) is 17.2 Å². The number of rotatable bonds is 6. The summed E-state index contributed by atoms with van der Waals surface area (Å²) < 4.78 is 0. The van der Waals surface area contributed by atoms with E-state index in [0.717, 1.165) is 6.42 Å². The molecule has 0 saturated heterocycles. The smallest absolute Gasteiger partial charge is 0.0652 e. The molecule has 0 amide bonds. The topological polar surface area (TPSA) is 23.8 Å². The van der Waals surface area contributed by atoms with Crippen molar-refractivity contribution < 1.29 is 0 Å². The first-order chi connectivity index (χ1) is 5.31. The number of hydrogen-bond acceptors (Lipinski definition) is 1. The third-order valence-corrected chi connectivity index (χ3v) is 1.96. The van der Waals surface area contributed by atoms with Gasteiger partial charge < -0.3 is 0 Å². The van der Waals surface area contributed by atoms with Gasteiger partial charge >= 0.3 is 0 Å². The fourth-order valence-corrected chi connectivity index (χ4v) is 1.12. The molecule has 0 aliphatic carbocycles. The molecule has 0 aliphatic heterocycles. The van der Waals surface area contributed by atoms with Gasteiger partial charge in [0.05, 0.1) is 6.07 Å². The largest absolute Gasteiger partial charge is 0.198 e. The molecule has 0 unspecified atom stereocenters. The lowest BCUT2D eigenvalue weighted by atomic mass is 10.0. The van der Waals surface area contributed by atoms with Gasteiger partial charge in [0.2, 0.25) is 0 Å². The molecule has 0 aromatic heterocycles. The molecule has 0 aromatic carbocycles. The van der Waals surface area contributed by atoms with Crippen LogP contribution in [0.4, 0.5) is 0 Å². The predicted octanol–water partition coefficient (Wildman–Crippen LogP) is 3.51. The van der Waals surface area contributed by atoms with Crippen LogP contribution in [0.5, 0.6) is 0 Å². The SMILES string of the molecule is CCCCCCC[C@@H](C)C#N. The quantitative estimate of drug-likeness (QED) is 0.536. The van der Waals surface area contributed by atoms with Crippen molar-refractivity contribution in [2.24, 2.45) is 5.92 Å². The molecule has 0 radical (unpaired) electrons. The fourth-order valence-electron chi connectivity index (χ4n) is 1.12. The first kappa shape index (κ1) is 10.5. The number of nitrogens with zero attached hydrogens (tertiary/aromatic N) is 1. The minimum Gasteiger partial charge on any atom is -0.198 e. The van der Waals surface area contributed by atoms with Crippen LogP contribution >= 0.6 is 0 Å². The summed E-state index contributed by atoms with van der Waals surface area (Å²) in [5.74, 6) is 0.261. The molecule has 0 heterocycles. The molecular weight excluding hydrogens is 134 g/mol. The van der Waals surface area contributed by atoms with Gasteiger partial charge in [-0.25, -0.2) is 0 Å². The zero-order valence-corrected chi connectivity index (χ0v) is 7.77. The highest BCUT2D eigenvalue weighted by molar-refractivity contribution is 4.77. The van der Waals surface area contributed by atoms with Gasteiger partial charge in [-0.1, -0.05) is 39.0 Å². The summed E-state index contributed by atoms with van der Waals surface area (Å²) in [5.41, 5.74) is 0. The van der Waals surface area contributed by atoms with Crippen LogP contribution in [0.2, 0.25) is 0 Å². The molecule has 11 heavy (non-hydrogen) atoms. The van der Waals surface area contributed by atoms with Crippen molar-refractivity contribution in [1.29, 1.82) is 5.26 Å². The Labute approximate surface area is 70.4 Å². The van der Waals surface area contributed by atoms with Gasteiger partial charge in [0.15, 0.2) is 0 Å². The predicted molar refractivity (Wildman–Crippen MR) is 48.2 cm³/mol. The van der Waals surface area contributed by atoms with Crippen LogP contribution in [-0.4, -0.2) is 0 Å². The van der Waals surface area contributed by atoms with E-state index in [1.807, 2.05) is 6.92 Å². The molecule has 64 valence electrons. The van der Waals surface area contributed by atoms with Crippen LogP contribution < -0.4 is 0 Å². The molecule has 0 bridgehead atoms. The molecule has 0 fully saturated rings. The summed E-state index contributed by atoms with van der Waals surface area (Å²) in [4.78, 5) is 0. The number of unbranched alkanes of at least 4 members (excludes halogenated alkanes) is 4. The maximum absolute atomic E-state index is 8.49. The van der Waals surface area contributed by atoms with Crippen molar-refractivity contribution in [3.05, 3.63) is 0 Å². The average Bonchev–Trinajstić information content (AvgIpc) is 2.04. The van der Waals surface area contributed by atoms with E-state index in [0.29, 0.717) is 0 Å². The fraction of sp³-hybridized carbons (Fsp3) is 0.900. The lowest BCUT2D eigenvalue weighted by Crippen LogP contribution is -1.89. The number of hydrogen-bond donors (Lipinski definition) is 0. The van der Waals surface area contributed by atoms with Crippen LogP contribution in [0.1, 0.15) is 52.4 Å². The normalized spacial score (nSPS) is 12.5. The third-order valence-electron chi connectivity index (χ3n) is 1.96. The van der Waals surface area contributed by atoms with E-state index in [1.165, 1.54) is 32.1 Å². The van der Waals surface area contributed by atoms with Gasteiger partial charge in [0.25, 0.3) is 0 Å². The summed E-state index contributed by atoms with van der Waals surface area (Å²) in [6.45, 7) is 4.22. The Kier molecular flexibility index (Phi) is 7.24. The molecular formula is C10H19N. The second-order valence-corrected chi connectivity index (χ2v) is 3.23. The minimum atomic E-state index is 0.261. The summed E-state index contributed by atoms with van der Waals surface area (Å²) >= 11 is 0. The van der Waals surface area contributed by atoms with Crippen LogP contribution in [0.15, 0.2) is 0 Å². The summed E-state index contributed by atoms with van der Waals surface area (Å²) in [7, 11) is 0. The van der Waals surface area contributed by atoms with Crippen molar-refractivity contribution in [1.82, 2.24) is 0 Å². The first-order valence-corrected chi connectivity index (χ1v) is 4.70. The van der Waals surface area contributed by atoms with E-state index in [1.54, 1.807) is 0 Å². The van der Waals surface area contributed by atoms with E-state index < -0.39 is 0 Å². The summed E-state index contributed by atoms with van der Waals surface area (Å²) in [6.07, 6.45) is 7.61. The highest BCUT2D eigenvalue weighted by Crippen LogP contribution is 2.09. The van der Waals surface area contributed by atoms with Gasteiger partial charge in [-0.15, -0.1) is 0 Å². The van der Waals surface area contributed by atoms with Crippen molar-refractivity contribution in [3.8, 4) is 6.07 Å².